The average Bonchev–Trinajstić information content (AvgIpc) is 2.80. The zero-order chi connectivity index (χ0) is 15.4. The third-order valence-corrected chi connectivity index (χ3v) is 4.80. The molecule has 2 atom stereocenters. The Morgan fingerprint density at radius 3 is 2.95 bits per heavy atom. The Bertz CT molecular complexity index is 899. The number of aryl methyl sites for hydroxylation is 1. The van der Waals surface area contributed by atoms with Gasteiger partial charge in [-0.1, -0.05) is 13.0 Å². The minimum atomic E-state index is -0.893. The van der Waals surface area contributed by atoms with Gasteiger partial charge in [0.25, 0.3) is 0 Å². The van der Waals surface area contributed by atoms with Crippen LogP contribution in [-0.2, 0) is 7.05 Å². The largest absolute Gasteiger partial charge is 0.478 e. The van der Waals surface area contributed by atoms with Crippen molar-refractivity contribution in [3.05, 3.63) is 52.9 Å². The molecule has 22 heavy (non-hydrogen) atoms. The van der Waals surface area contributed by atoms with Crippen LogP contribution in [0.4, 0.5) is 0 Å². The van der Waals surface area contributed by atoms with Crippen LogP contribution in [0, 0.1) is 5.92 Å². The fourth-order valence-corrected chi connectivity index (χ4v) is 3.72. The maximum atomic E-state index is 11.3. The number of carboxylic acid groups (broad SMARTS) is 1. The van der Waals surface area contributed by atoms with E-state index in [-0.39, 0.29) is 0 Å². The molecule has 0 bridgehead atoms. The second kappa shape index (κ2) is 4.44. The monoisotopic (exact) mass is 292 g/mol. The number of benzene rings is 1. The number of rotatable bonds is 1. The number of nitrogens with zero attached hydrogens (tertiary/aromatic N) is 2. The molecular formula is C18H16N2O2. The molecule has 0 saturated carbocycles. The van der Waals surface area contributed by atoms with Gasteiger partial charge in [0.05, 0.1) is 5.56 Å². The molecule has 1 aliphatic heterocycles. The highest BCUT2D eigenvalue weighted by molar-refractivity contribution is 6.01. The van der Waals surface area contributed by atoms with Crippen molar-refractivity contribution < 1.29 is 9.90 Å². The number of fused-ring (bicyclic) bond motifs is 4. The Hall–Kier alpha value is -2.62. The first-order chi connectivity index (χ1) is 10.6. The van der Waals surface area contributed by atoms with Gasteiger partial charge in [0.15, 0.2) is 0 Å². The summed E-state index contributed by atoms with van der Waals surface area (Å²) in [4.78, 5) is 15.5. The van der Waals surface area contributed by atoms with Crippen molar-refractivity contribution in [3.8, 4) is 0 Å². The first-order valence-electron chi connectivity index (χ1n) is 7.35. The lowest BCUT2D eigenvalue weighted by Gasteiger charge is -2.29. The van der Waals surface area contributed by atoms with Gasteiger partial charge in [-0.3, -0.25) is 4.99 Å². The van der Waals surface area contributed by atoms with Gasteiger partial charge in [-0.05, 0) is 29.8 Å². The van der Waals surface area contributed by atoms with Gasteiger partial charge in [0.2, 0.25) is 0 Å². The number of allylic oxidation sites excluding steroid dienone is 2. The van der Waals surface area contributed by atoms with Crippen LogP contribution in [0.5, 0.6) is 0 Å². The Morgan fingerprint density at radius 1 is 1.36 bits per heavy atom. The lowest BCUT2D eigenvalue weighted by Crippen LogP contribution is -2.19. The number of carboxylic acids is 1. The third kappa shape index (κ3) is 1.64. The highest BCUT2D eigenvalue weighted by atomic mass is 16.4. The van der Waals surface area contributed by atoms with Crippen LogP contribution in [0.1, 0.15) is 34.5 Å². The van der Waals surface area contributed by atoms with Crippen molar-refractivity contribution in [2.24, 2.45) is 18.0 Å². The topological polar surface area (TPSA) is 54.6 Å². The highest BCUT2D eigenvalue weighted by Gasteiger charge is 2.31. The summed E-state index contributed by atoms with van der Waals surface area (Å²) in [7, 11) is 2.05. The second-order valence-electron chi connectivity index (χ2n) is 5.97. The van der Waals surface area contributed by atoms with E-state index < -0.39 is 5.97 Å². The minimum absolute atomic E-state index is 0.325. The number of aromatic carboxylic acids is 1. The lowest BCUT2D eigenvalue weighted by molar-refractivity contribution is 0.0697. The summed E-state index contributed by atoms with van der Waals surface area (Å²) >= 11 is 0. The summed E-state index contributed by atoms with van der Waals surface area (Å²) in [5, 5.41) is 10.2. The fourth-order valence-electron chi connectivity index (χ4n) is 3.72. The molecule has 2 heterocycles. The van der Waals surface area contributed by atoms with Gasteiger partial charge < -0.3 is 9.67 Å². The van der Waals surface area contributed by atoms with Crippen LogP contribution in [0.15, 0.2) is 41.0 Å². The third-order valence-electron chi connectivity index (χ3n) is 4.80. The van der Waals surface area contributed by atoms with Crippen molar-refractivity contribution >= 4 is 29.2 Å². The van der Waals surface area contributed by atoms with Crippen LogP contribution in [0.2, 0.25) is 0 Å². The Labute approximate surface area is 128 Å². The summed E-state index contributed by atoms with van der Waals surface area (Å²) in [6.45, 7) is 2.22. The molecule has 0 fully saturated rings. The molecule has 0 spiro atoms. The molecule has 2 aliphatic rings. The molecule has 0 radical (unpaired) electrons. The molecule has 0 amide bonds. The smallest absolute Gasteiger partial charge is 0.335 e. The normalized spacial score (nSPS) is 22.4. The SMILES string of the molecule is CC1c2c(c3cc(C(=O)O)ccc3n2C)C=C2C=NC=CC21. The molecule has 1 aromatic heterocycles. The number of aromatic nitrogens is 1. The van der Waals surface area contributed by atoms with Gasteiger partial charge in [0.1, 0.15) is 0 Å². The molecule has 4 heteroatoms. The molecule has 1 N–H and O–H groups in total. The molecular weight excluding hydrogens is 276 g/mol. The van der Waals surface area contributed by atoms with Crippen molar-refractivity contribution in [1.29, 1.82) is 0 Å². The van der Waals surface area contributed by atoms with E-state index in [1.54, 1.807) is 12.1 Å². The van der Waals surface area contributed by atoms with E-state index in [4.69, 9.17) is 0 Å². The number of carbonyl (C=O) groups is 1. The summed E-state index contributed by atoms with van der Waals surface area (Å²) in [5.74, 6) is -0.216. The molecule has 1 aliphatic carbocycles. The van der Waals surface area contributed by atoms with E-state index in [0.29, 0.717) is 17.4 Å². The summed E-state index contributed by atoms with van der Waals surface area (Å²) in [6, 6.07) is 5.34. The maximum absolute atomic E-state index is 11.3. The van der Waals surface area contributed by atoms with Crippen molar-refractivity contribution in [3.63, 3.8) is 0 Å². The van der Waals surface area contributed by atoms with Crippen LogP contribution in [0.25, 0.3) is 17.0 Å². The average molecular weight is 292 g/mol. The fraction of sp³-hybridized carbons (Fsp3) is 0.222. The lowest BCUT2D eigenvalue weighted by atomic mass is 9.78. The quantitative estimate of drug-likeness (QED) is 0.873. The van der Waals surface area contributed by atoms with Crippen molar-refractivity contribution in [2.45, 2.75) is 12.8 Å². The second-order valence-corrected chi connectivity index (χ2v) is 5.97. The number of hydrogen-bond acceptors (Lipinski definition) is 2. The van der Waals surface area contributed by atoms with Crippen LogP contribution in [0.3, 0.4) is 0 Å². The van der Waals surface area contributed by atoms with E-state index in [1.807, 2.05) is 18.5 Å². The highest BCUT2D eigenvalue weighted by Crippen LogP contribution is 2.43. The molecule has 2 aromatic rings. The molecule has 2 unspecified atom stereocenters. The molecule has 4 rings (SSSR count). The first kappa shape index (κ1) is 13.1. The zero-order valence-corrected chi connectivity index (χ0v) is 12.4. The summed E-state index contributed by atoms with van der Waals surface area (Å²) in [6.07, 6.45) is 8.05. The van der Waals surface area contributed by atoms with Gasteiger partial charge in [-0.15, -0.1) is 0 Å². The van der Waals surface area contributed by atoms with Crippen molar-refractivity contribution in [2.75, 3.05) is 0 Å². The van der Waals surface area contributed by atoms with E-state index >= 15 is 0 Å². The standard InChI is InChI=1S/C18H16N2O2/c1-10-13-5-6-19-9-12(13)8-15-14-7-11(18(21)22)3-4-16(14)20(2)17(10)15/h3-10,13H,1-2H3,(H,21,22). The van der Waals surface area contributed by atoms with E-state index in [1.165, 1.54) is 11.3 Å². The predicted molar refractivity (Wildman–Crippen MR) is 87.4 cm³/mol. The summed E-state index contributed by atoms with van der Waals surface area (Å²) < 4.78 is 2.19. The predicted octanol–water partition coefficient (Wildman–Crippen LogP) is 3.59. The maximum Gasteiger partial charge on any atom is 0.335 e. The van der Waals surface area contributed by atoms with Gasteiger partial charge in [0, 0.05) is 53.5 Å². The number of hydrogen-bond donors (Lipinski definition) is 1. The minimum Gasteiger partial charge on any atom is -0.478 e. The first-order valence-corrected chi connectivity index (χ1v) is 7.35. The van der Waals surface area contributed by atoms with Crippen LogP contribution < -0.4 is 0 Å². The Kier molecular flexibility index (Phi) is 2.64. The van der Waals surface area contributed by atoms with Crippen LogP contribution >= 0.6 is 0 Å². The van der Waals surface area contributed by atoms with E-state index in [0.717, 1.165) is 16.5 Å². The summed E-state index contributed by atoms with van der Waals surface area (Å²) in [5.41, 5.74) is 4.97. The molecule has 4 nitrogen and oxygen atoms in total. The molecule has 1 aromatic carbocycles. The molecule has 110 valence electrons. The Balaban J connectivity index is 2.04. The molecule has 0 saturated heterocycles. The van der Waals surface area contributed by atoms with Gasteiger partial charge >= 0.3 is 5.97 Å². The van der Waals surface area contributed by atoms with Crippen molar-refractivity contribution in [1.82, 2.24) is 4.57 Å². The number of aliphatic imine (C=N–C) groups is 1. The van der Waals surface area contributed by atoms with Crippen LogP contribution in [-0.4, -0.2) is 21.9 Å². The Morgan fingerprint density at radius 2 is 2.18 bits per heavy atom. The van der Waals surface area contributed by atoms with E-state index in [9.17, 15) is 9.90 Å². The van der Waals surface area contributed by atoms with Gasteiger partial charge in [-0.25, -0.2) is 4.79 Å². The van der Waals surface area contributed by atoms with Gasteiger partial charge in [-0.2, -0.15) is 0 Å². The zero-order valence-electron chi connectivity index (χ0n) is 12.4. The van der Waals surface area contributed by atoms with E-state index in [2.05, 4.69) is 35.7 Å².